The first-order valence-electron chi connectivity index (χ1n) is 10.6. The van der Waals surface area contributed by atoms with Crippen LogP contribution in [-0.2, 0) is 13.6 Å². The molecule has 0 bridgehead atoms. The Morgan fingerprint density at radius 1 is 0.967 bits per heavy atom. The molecule has 1 aromatic carbocycles. The third kappa shape index (κ3) is 4.16. The van der Waals surface area contributed by atoms with Crippen LogP contribution in [0.15, 0.2) is 36.7 Å². The molecule has 4 rings (SSSR count). The molecule has 0 N–H and O–H groups in total. The SMILES string of the molecule is CCOc1ccc(-c2nccnc2N2CCN(Cc3c(C)nn(C)c3C)CC2)cc1. The Morgan fingerprint density at radius 2 is 1.67 bits per heavy atom. The van der Waals surface area contributed by atoms with E-state index < -0.39 is 0 Å². The summed E-state index contributed by atoms with van der Waals surface area (Å²) in [5, 5.41) is 4.55. The number of benzene rings is 1. The normalized spacial score (nSPS) is 14.9. The smallest absolute Gasteiger partial charge is 0.155 e. The fourth-order valence-corrected chi connectivity index (χ4v) is 4.03. The van der Waals surface area contributed by atoms with Crippen LogP contribution in [0, 0.1) is 13.8 Å². The van der Waals surface area contributed by atoms with Gasteiger partial charge < -0.3 is 9.64 Å². The lowest BCUT2D eigenvalue weighted by Crippen LogP contribution is -2.46. The third-order valence-corrected chi connectivity index (χ3v) is 5.83. The van der Waals surface area contributed by atoms with Crippen LogP contribution in [-0.4, -0.2) is 57.4 Å². The predicted octanol–water partition coefficient (Wildman–Crippen LogP) is 3.21. The summed E-state index contributed by atoms with van der Waals surface area (Å²) in [5.74, 6) is 1.83. The zero-order valence-corrected chi connectivity index (χ0v) is 18.3. The quantitative estimate of drug-likeness (QED) is 0.627. The molecule has 0 amide bonds. The number of aromatic nitrogens is 4. The fourth-order valence-electron chi connectivity index (χ4n) is 4.03. The number of anilines is 1. The minimum absolute atomic E-state index is 0.665. The number of piperazine rings is 1. The molecule has 3 aromatic rings. The summed E-state index contributed by atoms with van der Waals surface area (Å²) < 4.78 is 7.54. The maximum atomic E-state index is 5.56. The van der Waals surface area contributed by atoms with Gasteiger partial charge in [0.15, 0.2) is 5.82 Å². The van der Waals surface area contributed by atoms with Crippen molar-refractivity contribution in [1.82, 2.24) is 24.6 Å². The molecular formula is C23H30N6O. The highest BCUT2D eigenvalue weighted by Gasteiger charge is 2.23. The summed E-state index contributed by atoms with van der Waals surface area (Å²) >= 11 is 0. The van der Waals surface area contributed by atoms with Gasteiger partial charge in [0.05, 0.1) is 12.3 Å². The summed E-state index contributed by atoms with van der Waals surface area (Å²) in [6.45, 7) is 11.7. The number of ether oxygens (including phenoxy) is 1. The molecule has 0 saturated carbocycles. The first kappa shape index (κ1) is 20.3. The number of hydrogen-bond donors (Lipinski definition) is 0. The highest BCUT2D eigenvalue weighted by Crippen LogP contribution is 2.29. The van der Waals surface area contributed by atoms with E-state index in [0.717, 1.165) is 61.2 Å². The fraction of sp³-hybridized carbons (Fsp3) is 0.435. The molecule has 0 atom stereocenters. The van der Waals surface area contributed by atoms with Gasteiger partial charge in [0.25, 0.3) is 0 Å². The van der Waals surface area contributed by atoms with Gasteiger partial charge in [-0.05, 0) is 45.0 Å². The van der Waals surface area contributed by atoms with Crippen LogP contribution in [0.3, 0.4) is 0 Å². The molecule has 1 saturated heterocycles. The van der Waals surface area contributed by atoms with E-state index in [-0.39, 0.29) is 0 Å². The van der Waals surface area contributed by atoms with Crippen molar-refractivity contribution >= 4 is 5.82 Å². The lowest BCUT2D eigenvalue weighted by Gasteiger charge is -2.36. The summed E-state index contributed by atoms with van der Waals surface area (Å²) in [6, 6.07) is 8.10. The second kappa shape index (κ2) is 8.83. The Balaban J connectivity index is 1.46. The van der Waals surface area contributed by atoms with Crippen LogP contribution in [0.5, 0.6) is 5.75 Å². The van der Waals surface area contributed by atoms with Gasteiger partial charge in [0, 0.05) is 69.0 Å². The average Bonchev–Trinajstić information content (AvgIpc) is 3.01. The zero-order chi connectivity index (χ0) is 21.1. The van der Waals surface area contributed by atoms with Crippen LogP contribution in [0.25, 0.3) is 11.3 Å². The number of hydrogen-bond acceptors (Lipinski definition) is 6. The zero-order valence-electron chi connectivity index (χ0n) is 18.3. The second-order valence-corrected chi connectivity index (χ2v) is 7.72. The monoisotopic (exact) mass is 406 g/mol. The Bertz CT molecular complexity index is 989. The molecule has 1 aliphatic rings. The van der Waals surface area contributed by atoms with Crippen molar-refractivity contribution in [2.75, 3.05) is 37.7 Å². The highest BCUT2D eigenvalue weighted by molar-refractivity contribution is 5.72. The minimum Gasteiger partial charge on any atom is -0.494 e. The lowest BCUT2D eigenvalue weighted by molar-refractivity contribution is 0.248. The van der Waals surface area contributed by atoms with E-state index >= 15 is 0 Å². The Morgan fingerprint density at radius 3 is 2.30 bits per heavy atom. The molecule has 158 valence electrons. The summed E-state index contributed by atoms with van der Waals surface area (Å²) in [6.07, 6.45) is 3.54. The lowest BCUT2D eigenvalue weighted by atomic mass is 10.1. The molecule has 0 aliphatic carbocycles. The van der Waals surface area contributed by atoms with E-state index in [0.29, 0.717) is 6.61 Å². The molecular weight excluding hydrogens is 376 g/mol. The standard InChI is InChI=1S/C23H30N6O/c1-5-30-20-8-6-19(7-9-20)22-23(25-11-10-24-22)29-14-12-28(13-15-29)16-21-17(2)26-27(4)18(21)3/h6-11H,5,12-16H2,1-4H3. The summed E-state index contributed by atoms with van der Waals surface area (Å²) in [7, 11) is 2.01. The Labute approximate surface area is 178 Å². The van der Waals surface area contributed by atoms with Gasteiger partial charge >= 0.3 is 0 Å². The molecule has 0 radical (unpaired) electrons. The van der Waals surface area contributed by atoms with E-state index in [4.69, 9.17) is 4.74 Å². The summed E-state index contributed by atoms with van der Waals surface area (Å²) in [4.78, 5) is 14.2. The topological polar surface area (TPSA) is 59.3 Å². The van der Waals surface area contributed by atoms with E-state index in [2.05, 4.69) is 50.8 Å². The number of rotatable bonds is 6. The van der Waals surface area contributed by atoms with Gasteiger partial charge in [-0.25, -0.2) is 4.98 Å². The molecule has 3 heterocycles. The maximum Gasteiger partial charge on any atom is 0.155 e. The molecule has 0 spiro atoms. The van der Waals surface area contributed by atoms with Crippen molar-refractivity contribution in [2.45, 2.75) is 27.3 Å². The first-order chi connectivity index (χ1) is 14.6. The van der Waals surface area contributed by atoms with E-state index in [1.165, 1.54) is 11.3 Å². The highest BCUT2D eigenvalue weighted by atomic mass is 16.5. The molecule has 2 aromatic heterocycles. The molecule has 7 heteroatoms. The van der Waals surface area contributed by atoms with Crippen LogP contribution in [0.4, 0.5) is 5.82 Å². The van der Waals surface area contributed by atoms with Crippen LogP contribution in [0.2, 0.25) is 0 Å². The van der Waals surface area contributed by atoms with Crippen molar-refractivity contribution in [3.63, 3.8) is 0 Å². The predicted molar refractivity (Wildman–Crippen MR) is 119 cm³/mol. The first-order valence-corrected chi connectivity index (χ1v) is 10.6. The largest absolute Gasteiger partial charge is 0.494 e. The number of nitrogens with zero attached hydrogens (tertiary/aromatic N) is 6. The maximum absolute atomic E-state index is 5.56. The average molecular weight is 407 g/mol. The van der Waals surface area contributed by atoms with Crippen molar-refractivity contribution in [3.05, 3.63) is 53.6 Å². The Kier molecular flexibility index (Phi) is 5.99. The number of aryl methyl sites for hydroxylation is 2. The van der Waals surface area contributed by atoms with Crippen LogP contribution in [0.1, 0.15) is 23.9 Å². The van der Waals surface area contributed by atoms with Gasteiger partial charge in [0.1, 0.15) is 11.4 Å². The molecule has 30 heavy (non-hydrogen) atoms. The van der Waals surface area contributed by atoms with Gasteiger partial charge in [-0.2, -0.15) is 5.10 Å². The van der Waals surface area contributed by atoms with E-state index in [1.54, 1.807) is 12.4 Å². The van der Waals surface area contributed by atoms with Crippen LogP contribution >= 0.6 is 0 Å². The van der Waals surface area contributed by atoms with Gasteiger partial charge in [0.2, 0.25) is 0 Å². The van der Waals surface area contributed by atoms with Crippen molar-refractivity contribution < 1.29 is 4.74 Å². The van der Waals surface area contributed by atoms with Crippen LogP contribution < -0.4 is 9.64 Å². The van der Waals surface area contributed by atoms with Crippen molar-refractivity contribution in [1.29, 1.82) is 0 Å². The second-order valence-electron chi connectivity index (χ2n) is 7.72. The van der Waals surface area contributed by atoms with Crippen molar-refractivity contribution in [2.24, 2.45) is 7.05 Å². The van der Waals surface area contributed by atoms with Crippen molar-refractivity contribution in [3.8, 4) is 17.0 Å². The van der Waals surface area contributed by atoms with Gasteiger partial charge in [-0.3, -0.25) is 14.6 Å². The summed E-state index contributed by atoms with van der Waals surface area (Å²) in [5.41, 5.74) is 5.71. The van der Waals surface area contributed by atoms with E-state index in [1.807, 2.05) is 30.8 Å². The molecule has 0 unspecified atom stereocenters. The van der Waals surface area contributed by atoms with Gasteiger partial charge in [-0.15, -0.1) is 0 Å². The molecule has 1 aliphatic heterocycles. The minimum atomic E-state index is 0.665. The molecule has 7 nitrogen and oxygen atoms in total. The van der Waals surface area contributed by atoms with E-state index in [9.17, 15) is 0 Å². The Hall–Kier alpha value is -2.93. The third-order valence-electron chi connectivity index (χ3n) is 5.83. The molecule has 1 fully saturated rings. The van der Waals surface area contributed by atoms with Gasteiger partial charge in [-0.1, -0.05) is 0 Å².